The van der Waals surface area contributed by atoms with Crippen molar-refractivity contribution in [3.63, 3.8) is 0 Å². The van der Waals surface area contributed by atoms with E-state index in [4.69, 9.17) is 4.42 Å². The van der Waals surface area contributed by atoms with Crippen LogP contribution in [-0.2, 0) is 17.1 Å². The van der Waals surface area contributed by atoms with Gasteiger partial charge in [0.15, 0.2) is 0 Å². The van der Waals surface area contributed by atoms with Crippen LogP contribution in [-0.4, -0.2) is 51.6 Å². The Kier molecular flexibility index (Phi) is 7.60. The molecule has 2 heterocycles. The Hall–Kier alpha value is -1.51. The summed E-state index contributed by atoms with van der Waals surface area (Å²) in [6.45, 7) is 4.86. The van der Waals surface area contributed by atoms with Crippen LogP contribution in [0.4, 0.5) is 0 Å². The van der Waals surface area contributed by atoms with Crippen molar-refractivity contribution in [3.8, 4) is 0 Å². The number of nitrogens with zero attached hydrogens (tertiary/aromatic N) is 3. The van der Waals surface area contributed by atoms with E-state index in [1.165, 1.54) is 17.3 Å². The molecule has 1 saturated heterocycles. The monoisotopic (exact) mass is 406 g/mol. The fourth-order valence-corrected chi connectivity index (χ4v) is 4.14. The molecular weight excluding hydrogens is 380 g/mol. The van der Waals surface area contributed by atoms with Crippen LogP contribution in [0.5, 0.6) is 0 Å². The molecule has 1 aliphatic rings. The molecule has 0 bridgehead atoms. The molecule has 2 aromatic rings. The van der Waals surface area contributed by atoms with Crippen molar-refractivity contribution in [2.45, 2.75) is 48.6 Å². The van der Waals surface area contributed by atoms with E-state index >= 15 is 0 Å². The van der Waals surface area contributed by atoms with Gasteiger partial charge in [0.2, 0.25) is 11.8 Å². The molecule has 27 heavy (non-hydrogen) atoms. The highest BCUT2D eigenvalue weighted by Crippen LogP contribution is 2.23. The second-order valence-corrected chi connectivity index (χ2v) is 8.86. The average molecular weight is 407 g/mol. The number of benzene rings is 1. The van der Waals surface area contributed by atoms with Gasteiger partial charge in [0.1, 0.15) is 0 Å². The third kappa shape index (κ3) is 6.26. The van der Waals surface area contributed by atoms with Crippen molar-refractivity contribution in [2.24, 2.45) is 0 Å². The van der Waals surface area contributed by atoms with Gasteiger partial charge in [-0.15, -0.1) is 10.2 Å². The molecule has 1 atom stereocenters. The second kappa shape index (κ2) is 10.1. The zero-order chi connectivity index (χ0) is 19.1. The third-order valence-electron chi connectivity index (χ3n) is 4.55. The summed E-state index contributed by atoms with van der Waals surface area (Å²) in [5.41, 5.74) is 1.34. The van der Waals surface area contributed by atoms with Gasteiger partial charge in [-0.2, -0.15) is 11.8 Å². The van der Waals surface area contributed by atoms with Gasteiger partial charge in [-0.3, -0.25) is 9.69 Å². The number of piperidine rings is 1. The van der Waals surface area contributed by atoms with E-state index in [9.17, 15) is 4.79 Å². The maximum atomic E-state index is 12.5. The van der Waals surface area contributed by atoms with E-state index in [0.717, 1.165) is 32.5 Å². The van der Waals surface area contributed by atoms with Crippen LogP contribution in [0.25, 0.3) is 0 Å². The number of amides is 1. The minimum absolute atomic E-state index is 0.0334. The van der Waals surface area contributed by atoms with Gasteiger partial charge in [-0.05, 0) is 31.6 Å². The van der Waals surface area contributed by atoms with Crippen molar-refractivity contribution in [3.05, 3.63) is 41.8 Å². The van der Waals surface area contributed by atoms with Crippen LogP contribution < -0.4 is 5.32 Å². The molecule has 0 aliphatic carbocycles. The molecule has 146 valence electrons. The first-order valence-corrected chi connectivity index (χ1v) is 11.5. The van der Waals surface area contributed by atoms with Crippen LogP contribution in [0.15, 0.2) is 40.0 Å². The summed E-state index contributed by atoms with van der Waals surface area (Å²) in [6, 6.07) is 10.8. The largest absolute Gasteiger partial charge is 0.415 e. The molecule has 8 heteroatoms. The molecular formula is C19H26N4O2S2. The third-order valence-corrected chi connectivity index (χ3v) is 6.02. The number of hydrogen-bond donors (Lipinski definition) is 1. The minimum Gasteiger partial charge on any atom is -0.415 e. The first-order chi connectivity index (χ1) is 13.1. The zero-order valence-corrected chi connectivity index (χ0v) is 17.4. The lowest BCUT2D eigenvalue weighted by molar-refractivity contribution is -0.121. The van der Waals surface area contributed by atoms with Crippen molar-refractivity contribution in [2.75, 3.05) is 19.3 Å². The van der Waals surface area contributed by atoms with Crippen LogP contribution in [0, 0.1) is 0 Å². The van der Waals surface area contributed by atoms with Crippen LogP contribution in [0.3, 0.4) is 0 Å². The second-order valence-electron chi connectivity index (χ2n) is 6.70. The van der Waals surface area contributed by atoms with E-state index in [1.807, 2.05) is 19.2 Å². The van der Waals surface area contributed by atoms with Gasteiger partial charge in [0, 0.05) is 25.7 Å². The van der Waals surface area contributed by atoms with E-state index in [1.54, 1.807) is 11.8 Å². The van der Waals surface area contributed by atoms with Crippen LogP contribution in [0.1, 0.15) is 31.2 Å². The quantitative estimate of drug-likeness (QED) is 0.675. The number of thioether (sulfide) groups is 2. The van der Waals surface area contributed by atoms with Crippen LogP contribution >= 0.6 is 23.5 Å². The summed E-state index contributed by atoms with van der Waals surface area (Å²) < 4.78 is 5.54. The van der Waals surface area contributed by atoms with Crippen molar-refractivity contribution in [1.82, 2.24) is 20.4 Å². The van der Waals surface area contributed by atoms with Gasteiger partial charge in [-0.25, -0.2) is 0 Å². The number of carbonyl (C=O) groups excluding carboxylic acids is 1. The highest BCUT2D eigenvalue weighted by molar-refractivity contribution is 8.00. The van der Waals surface area contributed by atoms with E-state index < -0.39 is 0 Å². The Balaban J connectivity index is 1.40. The SMILES string of the molecule is CSCc1nnc(SC(C)C(=O)NC2CCN(Cc3ccccc3)CC2)o1. The van der Waals surface area contributed by atoms with Gasteiger partial charge in [0.05, 0.1) is 11.0 Å². The molecule has 6 nitrogen and oxygen atoms in total. The Labute approximate surface area is 168 Å². The van der Waals surface area contributed by atoms with E-state index in [0.29, 0.717) is 16.9 Å². The van der Waals surface area contributed by atoms with Crippen LogP contribution in [0.2, 0.25) is 0 Å². The summed E-state index contributed by atoms with van der Waals surface area (Å²) in [4.78, 5) is 14.9. The van der Waals surface area contributed by atoms with Crippen molar-refractivity contribution >= 4 is 29.4 Å². The maximum absolute atomic E-state index is 12.5. The molecule has 3 rings (SSSR count). The summed E-state index contributed by atoms with van der Waals surface area (Å²) in [7, 11) is 0. The first kappa shape index (κ1) is 20.2. The molecule has 1 unspecified atom stereocenters. The lowest BCUT2D eigenvalue weighted by Gasteiger charge is -2.32. The molecule has 0 saturated carbocycles. The Bertz CT molecular complexity index is 718. The number of rotatable bonds is 8. The lowest BCUT2D eigenvalue weighted by Crippen LogP contribution is -2.46. The number of likely N-dealkylation sites (tertiary alicyclic amines) is 1. The van der Waals surface area contributed by atoms with Crippen molar-refractivity contribution in [1.29, 1.82) is 0 Å². The van der Waals surface area contributed by atoms with E-state index in [-0.39, 0.29) is 17.2 Å². The zero-order valence-electron chi connectivity index (χ0n) is 15.8. The van der Waals surface area contributed by atoms with Gasteiger partial charge in [-0.1, -0.05) is 42.1 Å². The number of carbonyl (C=O) groups is 1. The predicted octanol–water partition coefficient (Wildman–Crippen LogP) is 3.19. The average Bonchev–Trinajstić information content (AvgIpc) is 3.11. The smallest absolute Gasteiger partial charge is 0.277 e. The molecule has 1 amide bonds. The molecule has 0 spiro atoms. The minimum atomic E-state index is -0.255. The van der Waals surface area contributed by atoms with Crippen molar-refractivity contribution < 1.29 is 9.21 Å². The summed E-state index contributed by atoms with van der Waals surface area (Å²) in [6.07, 6.45) is 3.95. The summed E-state index contributed by atoms with van der Waals surface area (Å²) in [5.74, 6) is 1.32. The summed E-state index contributed by atoms with van der Waals surface area (Å²) >= 11 is 2.95. The molecule has 1 aromatic carbocycles. The van der Waals surface area contributed by atoms with E-state index in [2.05, 4.69) is 44.7 Å². The highest BCUT2D eigenvalue weighted by atomic mass is 32.2. The predicted molar refractivity (Wildman–Crippen MR) is 110 cm³/mol. The fourth-order valence-electron chi connectivity index (χ4n) is 3.07. The standard InChI is InChI=1S/C19H26N4O2S2/c1-14(27-19-22-21-17(25-19)13-26-2)18(24)20-16-8-10-23(11-9-16)12-15-6-4-3-5-7-15/h3-7,14,16H,8-13H2,1-2H3,(H,20,24). The summed E-state index contributed by atoms with van der Waals surface area (Å²) in [5, 5.41) is 11.4. The van der Waals surface area contributed by atoms with Gasteiger partial charge < -0.3 is 9.73 Å². The molecule has 1 fully saturated rings. The molecule has 1 N–H and O–H groups in total. The normalized spacial score (nSPS) is 17.0. The lowest BCUT2D eigenvalue weighted by atomic mass is 10.0. The topological polar surface area (TPSA) is 71.3 Å². The van der Waals surface area contributed by atoms with Gasteiger partial charge >= 0.3 is 0 Å². The number of aromatic nitrogens is 2. The highest BCUT2D eigenvalue weighted by Gasteiger charge is 2.24. The molecule has 1 aliphatic heterocycles. The molecule has 0 radical (unpaired) electrons. The number of hydrogen-bond acceptors (Lipinski definition) is 7. The Morgan fingerprint density at radius 1 is 1.30 bits per heavy atom. The Morgan fingerprint density at radius 2 is 2.04 bits per heavy atom. The maximum Gasteiger partial charge on any atom is 0.277 e. The molecule has 1 aromatic heterocycles. The fraction of sp³-hybridized carbons (Fsp3) is 0.526. The Morgan fingerprint density at radius 3 is 2.74 bits per heavy atom. The number of nitrogens with one attached hydrogen (secondary N) is 1. The van der Waals surface area contributed by atoms with Gasteiger partial charge in [0.25, 0.3) is 5.22 Å². The first-order valence-electron chi connectivity index (χ1n) is 9.18.